The van der Waals surface area contributed by atoms with Gasteiger partial charge in [-0.3, -0.25) is 0 Å². The molecule has 0 aromatic rings. The molecule has 0 amide bonds. The van der Waals surface area contributed by atoms with E-state index < -0.39 is 0 Å². The van der Waals surface area contributed by atoms with Crippen LogP contribution in [0.15, 0.2) is 0 Å². The van der Waals surface area contributed by atoms with Crippen LogP contribution in [0.1, 0.15) is 52.4 Å². The zero-order valence-corrected chi connectivity index (χ0v) is 9.81. The maximum absolute atomic E-state index is 3.64. The number of hydrogen-bond acceptors (Lipinski definition) is 2. The van der Waals surface area contributed by atoms with Crippen molar-refractivity contribution >= 4 is 0 Å². The highest BCUT2D eigenvalue weighted by Gasteiger charge is 2.11. The van der Waals surface area contributed by atoms with Gasteiger partial charge in [0.25, 0.3) is 0 Å². The molecule has 0 heterocycles. The molecule has 0 saturated heterocycles. The molecule has 1 atom stereocenters. The molecule has 1 rings (SSSR count). The standard InChI is InChI=1S/C12H26N2/c1-3-11(2)13-9-10-14-12-7-5-4-6-8-12/h11-14H,3-10H2,1-2H3/t11-/m0/s1. The van der Waals surface area contributed by atoms with E-state index in [1.54, 1.807) is 0 Å². The van der Waals surface area contributed by atoms with Crippen molar-refractivity contribution in [3.8, 4) is 0 Å². The Morgan fingerprint density at radius 1 is 1.14 bits per heavy atom. The molecule has 0 aromatic carbocycles. The summed E-state index contributed by atoms with van der Waals surface area (Å²) in [4.78, 5) is 0. The van der Waals surface area contributed by atoms with E-state index >= 15 is 0 Å². The lowest BCUT2D eigenvalue weighted by Gasteiger charge is -2.23. The van der Waals surface area contributed by atoms with E-state index in [0.29, 0.717) is 6.04 Å². The molecule has 14 heavy (non-hydrogen) atoms. The summed E-state index contributed by atoms with van der Waals surface area (Å²) in [6.07, 6.45) is 8.31. The van der Waals surface area contributed by atoms with Gasteiger partial charge in [0.1, 0.15) is 0 Å². The zero-order chi connectivity index (χ0) is 10.2. The highest BCUT2D eigenvalue weighted by molar-refractivity contribution is 4.72. The first-order chi connectivity index (χ1) is 6.83. The van der Waals surface area contributed by atoms with Crippen LogP contribution in [0.4, 0.5) is 0 Å². The largest absolute Gasteiger partial charge is 0.313 e. The van der Waals surface area contributed by atoms with Gasteiger partial charge in [0.15, 0.2) is 0 Å². The van der Waals surface area contributed by atoms with Crippen LogP contribution >= 0.6 is 0 Å². The average Bonchev–Trinajstić information content (AvgIpc) is 2.25. The highest BCUT2D eigenvalue weighted by atomic mass is 15.0. The quantitative estimate of drug-likeness (QED) is 0.640. The van der Waals surface area contributed by atoms with E-state index in [-0.39, 0.29) is 0 Å². The molecule has 0 bridgehead atoms. The van der Waals surface area contributed by atoms with Gasteiger partial charge in [-0.1, -0.05) is 26.2 Å². The molecular formula is C12H26N2. The SMILES string of the molecule is CC[C@H](C)NCCNC1CCCCC1. The first-order valence-corrected chi connectivity index (χ1v) is 6.29. The van der Waals surface area contributed by atoms with Gasteiger partial charge in [0, 0.05) is 25.2 Å². The third kappa shape index (κ3) is 4.97. The predicted octanol–water partition coefficient (Wildman–Crippen LogP) is 2.30. The number of hydrogen-bond donors (Lipinski definition) is 2. The Bertz CT molecular complexity index is 130. The summed E-state index contributed by atoms with van der Waals surface area (Å²) in [5.74, 6) is 0. The summed E-state index contributed by atoms with van der Waals surface area (Å²) < 4.78 is 0. The summed E-state index contributed by atoms with van der Waals surface area (Å²) in [6, 6.07) is 1.48. The maximum atomic E-state index is 3.64. The number of nitrogens with one attached hydrogen (secondary N) is 2. The molecule has 2 heteroatoms. The first kappa shape index (κ1) is 12.0. The van der Waals surface area contributed by atoms with Crippen molar-refractivity contribution < 1.29 is 0 Å². The smallest absolute Gasteiger partial charge is 0.00794 e. The Balaban J connectivity index is 1.92. The first-order valence-electron chi connectivity index (χ1n) is 6.29. The molecule has 2 nitrogen and oxygen atoms in total. The fraction of sp³-hybridized carbons (Fsp3) is 1.00. The van der Waals surface area contributed by atoms with Gasteiger partial charge in [-0.2, -0.15) is 0 Å². The summed E-state index contributed by atoms with van der Waals surface area (Å²) in [5.41, 5.74) is 0. The van der Waals surface area contributed by atoms with Crippen LogP contribution in [0.25, 0.3) is 0 Å². The highest BCUT2D eigenvalue weighted by Crippen LogP contribution is 2.16. The topological polar surface area (TPSA) is 24.1 Å². The summed E-state index contributed by atoms with van der Waals surface area (Å²) in [7, 11) is 0. The van der Waals surface area contributed by atoms with E-state index in [1.165, 1.54) is 38.5 Å². The summed E-state index contributed by atoms with van der Waals surface area (Å²) in [5, 5.41) is 7.15. The minimum Gasteiger partial charge on any atom is -0.313 e. The maximum Gasteiger partial charge on any atom is 0.00794 e. The normalized spacial score (nSPS) is 21.0. The molecule has 0 unspecified atom stereocenters. The van der Waals surface area contributed by atoms with E-state index in [2.05, 4.69) is 24.5 Å². The summed E-state index contributed by atoms with van der Waals surface area (Å²) in [6.45, 7) is 6.73. The second-order valence-electron chi connectivity index (χ2n) is 4.55. The molecule has 1 saturated carbocycles. The van der Waals surface area contributed by atoms with Crippen LogP contribution < -0.4 is 10.6 Å². The fourth-order valence-corrected chi connectivity index (χ4v) is 2.05. The molecule has 1 aliphatic rings. The van der Waals surface area contributed by atoms with Gasteiger partial charge in [-0.25, -0.2) is 0 Å². The van der Waals surface area contributed by atoms with Gasteiger partial charge >= 0.3 is 0 Å². The van der Waals surface area contributed by atoms with E-state index in [0.717, 1.165) is 19.1 Å². The Hall–Kier alpha value is -0.0800. The van der Waals surface area contributed by atoms with Crippen molar-refractivity contribution in [3.63, 3.8) is 0 Å². The molecule has 1 aliphatic carbocycles. The number of rotatable bonds is 6. The molecule has 0 radical (unpaired) electrons. The Morgan fingerprint density at radius 3 is 2.50 bits per heavy atom. The van der Waals surface area contributed by atoms with Gasteiger partial charge in [0.2, 0.25) is 0 Å². The molecule has 2 N–H and O–H groups in total. The van der Waals surface area contributed by atoms with Gasteiger partial charge in [-0.15, -0.1) is 0 Å². The molecule has 84 valence electrons. The second-order valence-corrected chi connectivity index (χ2v) is 4.55. The van der Waals surface area contributed by atoms with Crippen LogP contribution in [-0.4, -0.2) is 25.2 Å². The lowest BCUT2D eigenvalue weighted by Crippen LogP contribution is -2.38. The fourth-order valence-electron chi connectivity index (χ4n) is 2.05. The van der Waals surface area contributed by atoms with Crippen molar-refractivity contribution in [3.05, 3.63) is 0 Å². The zero-order valence-electron chi connectivity index (χ0n) is 9.81. The Labute approximate surface area is 88.8 Å². The van der Waals surface area contributed by atoms with E-state index in [1.807, 2.05) is 0 Å². The monoisotopic (exact) mass is 198 g/mol. The predicted molar refractivity (Wildman–Crippen MR) is 62.6 cm³/mol. The summed E-state index contributed by atoms with van der Waals surface area (Å²) >= 11 is 0. The lowest BCUT2D eigenvalue weighted by molar-refractivity contribution is 0.369. The molecule has 0 aliphatic heterocycles. The van der Waals surface area contributed by atoms with Crippen molar-refractivity contribution in [1.82, 2.24) is 10.6 Å². The van der Waals surface area contributed by atoms with Crippen LogP contribution in [0.3, 0.4) is 0 Å². The van der Waals surface area contributed by atoms with Crippen LogP contribution in [0, 0.1) is 0 Å². The average molecular weight is 198 g/mol. The van der Waals surface area contributed by atoms with Crippen molar-refractivity contribution in [2.24, 2.45) is 0 Å². The Morgan fingerprint density at radius 2 is 1.86 bits per heavy atom. The third-order valence-electron chi connectivity index (χ3n) is 3.27. The third-order valence-corrected chi connectivity index (χ3v) is 3.27. The molecular weight excluding hydrogens is 172 g/mol. The van der Waals surface area contributed by atoms with Crippen LogP contribution in [-0.2, 0) is 0 Å². The Kier molecular flexibility index (Phi) is 6.20. The van der Waals surface area contributed by atoms with Crippen molar-refractivity contribution in [1.29, 1.82) is 0 Å². The van der Waals surface area contributed by atoms with Crippen LogP contribution in [0.2, 0.25) is 0 Å². The van der Waals surface area contributed by atoms with Crippen molar-refractivity contribution in [2.45, 2.75) is 64.5 Å². The molecule has 1 fully saturated rings. The lowest BCUT2D eigenvalue weighted by atomic mass is 9.95. The minimum absolute atomic E-state index is 0.670. The molecule has 0 spiro atoms. The van der Waals surface area contributed by atoms with Crippen molar-refractivity contribution in [2.75, 3.05) is 13.1 Å². The van der Waals surface area contributed by atoms with Crippen LogP contribution in [0.5, 0.6) is 0 Å². The van der Waals surface area contributed by atoms with Gasteiger partial charge in [-0.05, 0) is 26.2 Å². The minimum atomic E-state index is 0.670. The molecule has 0 aromatic heterocycles. The van der Waals surface area contributed by atoms with E-state index in [4.69, 9.17) is 0 Å². The van der Waals surface area contributed by atoms with E-state index in [9.17, 15) is 0 Å². The van der Waals surface area contributed by atoms with Gasteiger partial charge < -0.3 is 10.6 Å². The second kappa shape index (κ2) is 7.24. The van der Waals surface area contributed by atoms with Gasteiger partial charge in [0.05, 0.1) is 0 Å².